The Kier molecular flexibility index (Phi) is 8.69. The van der Waals surface area contributed by atoms with Crippen LogP contribution in [0.5, 0.6) is 23.0 Å². The molecule has 0 amide bonds. The van der Waals surface area contributed by atoms with E-state index in [1.54, 1.807) is 56.8 Å². The molecule has 1 saturated heterocycles. The number of halogens is 3. The molecule has 5 aromatic rings. The molecule has 0 spiro atoms. The third-order valence-corrected chi connectivity index (χ3v) is 10.2. The molecule has 0 atom stereocenters. The molecule has 46 heavy (non-hydrogen) atoms. The van der Waals surface area contributed by atoms with E-state index in [-0.39, 0.29) is 30.3 Å². The number of ether oxygens (including phenoxy) is 3. The second-order valence-corrected chi connectivity index (χ2v) is 14.0. The first-order valence-corrected chi connectivity index (χ1v) is 17.0. The van der Waals surface area contributed by atoms with Gasteiger partial charge in [0.1, 0.15) is 0 Å². The molecule has 238 valence electrons. The summed E-state index contributed by atoms with van der Waals surface area (Å²) in [6, 6.07) is 20.2. The number of hydrogen-bond acceptors (Lipinski definition) is 8. The number of nitrogens with zero attached hydrogens (tertiary/aromatic N) is 2. The number of nitrogens with one attached hydrogen (secondary N) is 1. The molecule has 1 aliphatic heterocycles. The van der Waals surface area contributed by atoms with Crippen LogP contribution in [0.1, 0.15) is 11.1 Å². The van der Waals surface area contributed by atoms with Gasteiger partial charge >= 0.3 is 256 Å². The summed E-state index contributed by atoms with van der Waals surface area (Å²) in [6.07, 6.45) is -2.89. The zero-order valence-electron chi connectivity index (χ0n) is 24.7. The van der Waals surface area contributed by atoms with Gasteiger partial charge in [0, 0.05) is 0 Å². The van der Waals surface area contributed by atoms with Crippen LogP contribution in [-0.2, 0) is 35.4 Å². The summed E-state index contributed by atoms with van der Waals surface area (Å²) in [6.45, 7) is 0.402. The Morgan fingerprint density at radius 1 is 0.891 bits per heavy atom. The van der Waals surface area contributed by atoms with E-state index in [9.17, 15) is 21.6 Å². The molecule has 1 aromatic heterocycles. The quantitative estimate of drug-likeness (QED) is 0.179. The Morgan fingerprint density at radius 2 is 1.63 bits per heavy atom. The molecule has 0 radical (unpaired) electrons. The Morgan fingerprint density at radius 3 is 2.35 bits per heavy atom. The number of anilines is 2. The minimum atomic E-state index is -4.54. The van der Waals surface area contributed by atoms with E-state index in [1.807, 2.05) is 42.5 Å². The summed E-state index contributed by atoms with van der Waals surface area (Å²) in [5.41, 5.74) is 1.44. The number of methoxy groups -OCH3 is 2. The molecule has 0 bridgehead atoms. The fraction of sp³-hybridized carbons (Fsp3) is 0.212. The van der Waals surface area contributed by atoms with E-state index in [1.165, 1.54) is 6.07 Å². The van der Waals surface area contributed by atoms with E-state index in [4.69, 9.17) is 14.2 Å². The maximum atomic E-state index is 13.7. The minimum absolute atomic E-state index is 0.0540. The molecule has 1 aliphatic rings. The molecule has 4 aromatic carbocycles. The van der Waals surface area contributed by atoms with Crippen LogP contribution in [0.15, 0.2) is 79.0 Å². The van der Waals surface area contributed by atoms with Crippen molar-refractivity contribution in [1.82, 2.24) is 4.98 Å². The van der Waals surface area contributed by atoms with Gasteiger partial charge in [0.05, 0.1) is 14.2 Å². The fourth-order valence-electron chi connectivity index (χ4n) is 5.42. The summed E-state index contributed by atoms with van der Waals surface area (Å²) in [5, 5.41) is 5.68. The van der Waals surface area contributed by atoms with Crippen LogP contribution in [0.4, 0.5) is 24.5 Å². The van der Waals surface area contributed by atoms with Crippen molar-refractivity contribution >= 4 is 46.9 Å². The van der Waals surface area contributed by atoms with Crippen molar-refractivity contribution in [3.05, 3.63) is 90.1 Å². The monoisotopic (exact) mass is 733 g/mol. The van der Waals surface area contributed by atoms with Gasteiger partial charge in [-0.25, -0.2) is 0 Å². The summed E-state index contributed by atoms with van der Waals surface area (Å²) < 4.78 is 82.9. The van der Waals surface area contributed by atoms with Crippen LogP contribution in [0.3, 0.4) is 0 Å². The molecular weight excluding hydrogens is 703 g/mol. The standard InChI is InChI=1S/C33H28F3N3O5S.Mo/c1-42-31-18-26-27(19-32(31)43-2)37-11-10-30(26)44-24-7-8-25-21(16-24)4-3-5-22(25)20-38-28-17-23(33(34,35)36)6-9-29(28)39-12-14-45(40,41)15-13-39;/h3-11,16-19,38H,12-15H2,1-2H3;. The smallest absolute Gasteiger partial charge is 0.0777 e. The van der Waals surface area contributed by atoms with Crippen LogP contribution in [0, 0.1) is 0 Å². The van der Waals surface area contributed by atoms with Crippen LogP contribution in [0.2, 0.25) is 0 Å². The molecule has 0 aliphatic carbocycles. The zero-order chi connectivity index (χ0) is 32.6. The SMILES string of the molecule is COc1cc2nccc(Oc3ccc4c([C](=[Mo])Nc5cc(C(F)(F)F)ccc5N5CCS(=O)(=O)CC5)cccc4c3)c2cc1OC. The molecule has 8 nitrogen and oxygen atoms in total. The average molecular weight is 732 g/mol. The number of fused-ring (bicyclic) bond motifs is 2. The Labute approximate surface area is 274 Å². The Balaban J connectivity index is 1.31. The molecular formula is C33H28F3MoN3O5S. The van der Waals surface area contributed by atoms with Crippen LogP contribution in [0.25, 0.3) is 21.7 Å². The Bertz CT molecular complexity index is 2080. The fourth-order valence-corrected chi connectivity index (χ4v) is 7.33. The van der Waals surface area contributed by atoms with Crippen LogP contribution in [-0.4, -0.2) is 56.2 Å². The van der Waals surface area contributed by atoms with Crippen molar-refractivity contribution in [3.63, 3.8) is 0 Å². The molecule has 0 unspecified atom stereocenters. The van der Waals surface area contributed by atoms with Gasteiger partial charge in [-0.3, -0.25) is 0 Å². The van der Waals surface area contributed by atoms with E-state index >= 15 is 0 Å². The van der Waals surface area contributed by atoms with Gasteiger partial charge < -0.3 is 4.74 Å². The molecule has 0 saturated carbocycles. The van der Waals surface area contributed by atoms with Crippen molar-refractivity contribution < 1.29 is 55.2 Å². The predicted molar refractivity (Wildman–Crippen MR) is 169 cm³/mol. The zero-order valence-corrected chi connectivity index (χ0v) is 27.5. The minimum Gasteiger partial charge on any atom is 0.0777 e. The summed E-state index contributed by atoms with van der Waals surface area (Å²) >= 11 is 1.71. The van der Waals surface area contributed by atoms with Gasteiger partial charge in [0.15, 0.2) is 0 Å². The Hall–Kier alpha value is -4.15. The van der Waals surface area contributed by atoms with Crippen molar-refractivity contribution in [2.24, 2.45) is 0 Å². The first-order chi connectivity index (χ1) is 22.0. The number of pyridine rings is 1. The first kappa shape index (κ1) is 31.8. The molecule has 6 rings (SSSR count). The van der Waals surface area contributed by atoms with E-state index < -0.39 is 21.6 Å². The van der Waals surface area contributed by atoms with Crippen molar-refractivity contribution in [1.29, 1.82) is 0 Å². The summed E-state index contributed by atoms with van der Waals surface area (Å²) in [4.78, 5) is 6.23. The van der Waals surface area contributed by atoms with Gasteiger partial charge in [0.25, 0.3) is 0 Å². The molecule has 1 fully saturated rings. The van der Waals surface area contributed by atoms with E-state index in [2.05, 4.69) is 10.3 Å². The number of hydrogen-bond donors (Lipinski definition) is 1. The van der Waals surface area contributed by atoms with E-state index in [0.29, 0.717) is 38.2 Å². The normalized spacial score (nSPS) is 14.7. The number of alkyl halides is 3. The van der Waals surface area contributed by atoms with Gasteiger partial charge in [-0.1, -0.05) is 0 Å². The maximum absolute atomic E-state index is 13.7. The van der Waals surface area contributed by atoms with Gasteiger partial charge in [-0.05, 0) is 0 Å². The second kappa shape index (κ2) is 12.6. The molecule has 2 heterocycles. The van der Waals surface area contributed by atoms with Gasteiger partial charge in [-0.2, -0.15) is 0 Å². The van der Waals surface area contributed by atoms with Gasteiger partial charge in [-0.15, -0.1) is 0 Å². The summed E-state index contributed by atoms with van der Waals surface area (Å²) in [7, 11) is -0.0511. The van der Waals surface area contributed by atoms with E-state index in [0.717, 1.165) is 33.9 Å². The number of benzene rings is 4. The first-order valence-electron chi connectivity index (χ1n) is 14.1. The van der Waals surface area contributed by atoms with Crippen molar-refractivity contribution in [3.8, 4) is 23.0 Å². The van der Waals surface area contributed by atoms with Gasteiger partial charge in [0.2, 0.25) is 0 Å². The molecule has 13 heteroatoms. The number of sulfone groups is 1. The number of aromatic nitrogens is 1. The summed E-state index contributed by atoms with van der Waals surface area (Å²) in [5.74, 6) is 2.15. The average Bonchev–Trinajstić information content (AvgIpc) is 3.03. The third kappa shape index (κ3) is 6.55. The van der Waals surface area contributed by atoms with Crippen molar-refractivity contribution in [2.75, 3.05) is 49.0 Å². The molecule has 1 N–H and O–H groups in total. The topological polar surface area (TPSA) is 90.0 Å². The third-order valence-electron chi connectivity index (χ3n) is 7.79. The predicted octanol–water partition coefficient (Wildman–Crippen LogP) is 6.59. The van der Waals surface area contributed by atoms with Crippen LogP contribution < -0.4 is 24.4 Å². The number of rotatable bonds is 8. The van der Waals surface area contributed by atoms with Crippen LogP contribution >= 0.6 is 0 Å². The second-order valence-electron chi connectivity index (χ2n) is 10.6. The van der Waals surface area contributed by atoms with Crippen molar-refractivity contribution in [2.45, 2.75) is 6.18 Å².